The summed E-state index contributed by atoms with van der Waals surface area (Å²) in [5.41, 5.74) is 0.445. The first-order valence-electron chi connectivity index (χ1n) is 6.70. The molecule has 0 saturated heterocycles. The van der Waals surface area contributed by atoms with Gasteiger partial charge in [-0.2, -0.15) is 4.72 Å². The van der Waals surface area contributed by atoms with Crippen molar-refractivity contribution < 1.29 is 23.1 Å². The lowest BCUT2D eigenvalue weighted by molar-refractivity contribution is -0.139. The van der Waals surface area contributed by atoms with Gasteiger partial charge in [0.1, 0.15) is 6.04 Å². The molecule has 1 rings (SSSR count). The van der Waals surface area contributed by atoms with Crippen molar-refractivity contribution in [2.45, 2.75) is 44.0 Å². The summed E-state index contributed by atoms with van der Waals surface area (Å²) in [5.74, 6) is -1.28. The third-order valence-electron chi connectivity index (χ3n) is 2.97. The van der Waals surface area contributed by atoms with Crippen molar-refractivity contribution in [3.05, 3.63) is 29.8 Å². The number of hydrogen-bond donors (Lipinski definition) is 2. The number of Topliss-reactive ketones (excluding diaryl/α,β-unsaturated/α-hetero) is 1. The van der Waals surface area contributed by atoms with Gasteiger partial charge in [0.05, 0.1) is 4.90 Å². The molecule has 0 aliphatic rings. The van der Waals surface area contributed by atoms with Crippen LogP contribution in [0.4, 0.5) is 0 Å². The fraction of sp³-hybridized carbons (Fsp3) is 0.429. The second kappa shape index (κ2) is 7.33. The highest BCUT2D eigenvalue weighted by Crippen LogP contribution is 2.13. The van der Waals surface area contributed by atoms with E-state index in [1.165, 1.54) is 24.3 Å². The first-order valence-corrected chi connectivity index (χ1v) is 8.18. The minimum Gasteiger partial charge on any atom is -0.480 e. The molecule has 0 aliphatic carbocycles. The molecule has 0 spiro atoms. The molecule has 2 N–H and O–H groups in total. The Morgan fingerprint density at radius 3 is 2.19 bits per heavy atom. The van der Waals surface area contributed by atoms with Gasteiger partial charge in [-0.25, -0.2) is 8.42 Å². The van der Waals surface area contributed by atoms with Crippen LogP contribution in [0.5, 0.6) is 0 Å². The number of aliphatic carboxylic acids is 1. The van der Waals surface area contributed by atoms with Crippen molar-refractivity contribution in [2.75, 3.05) is 0 Å². The van der Waals surface area contributed by atoms with Crippen LogP contribution in [0.15, 0.2) is 29.2 Å². The van der Waals surface area contributed by atoms with Crippen molar-refractivity contribution >= 4 is 21.8 Å². The zero-order chi connectivity index (χ0) is 16.0. The molecule has 0 amide bonds. The summed E-state index contributed by atoms with van der Waals surface area (Å²) < 4.78 is 26.2. The minimum absolute atomic E-state index is 0.0497. The summed E-state index contributed by atoms with van der Waals surface area (Å²) in [6.07, 6.45) is 1.26. The highest BCUT2D eigenvalue weighted by Gasteiger charge is 2.23. The molecular formula is C14H19NO5S. The van der Waals surface area contributed by atoms with Crippen molar-refractivity contribution in [3.63, 3.8) is 0 Å². The van der Waals surface area contributed by atoms with Crippen molar-refractivity contribution in [3.8, 4) is 0 Å². The van der Waals surface area contributed by atoms with E-state index in [1.807, 2.05) is 6.92 Å². The van der Waals surface area contributed by atoms with Crippen LogP contribution < -0.4 is 4.72 Å². The summed E-state index contributed by atoms with van der Waals surface area (Å²) >= 11 is 0. The molecule has 6 nitrogen and oxygen atoms in total. The van der Waals surface area contributed by atoms with E-state index in [-0.39, 0.29) is 17.1 Å². The van der Waals surface area contributed by atoms with Gasteiger partial charge in [0, 0.05) is 12.0 Å². The molecule has 0 aliphatic heterocycles. The molecule has 1 atom stereocenters. The quantitative estimate of drug-likeness (QED) is 0.713. The zero-order valence-electron chi connectivity index (χ0n) is 12.0. The number of benzene rings is 1. The molecule has 1 aromatic rings. The van der Waals surface area contributed by atoms with Gasteiger partial charge in [0.25, 0.3) is 0 Å². The summed E-state index contributed by atoms with van der Waals surface area (Å²) in [6, 6.07) is 4.32. The van der Waals surface area contributed by atoms with E-state index in [0.29, 0.717) is 12.0 Å². The van der Waals surface area contributed by atoms with Crippen LogP contribution in [-0.4, -0.2) is 31.3 Å². The van der Waals surface area contributed by atoms with E-state index >= 15 is 0 Å². The number of rotatable bonds is 8. The van der Waals surface area contributed by atoms with Gasteiger partial charge in [0.2, 0.25) is 10.0 Å². The SMILES string of the molecule is CCCC(=O)c1ccc(S(=O)(=O)NC(CC)C(=O)O)cc1. The summed E-state index contributed by atoms with van der Waals surface area (Å²) in [6.45, 7) is 3.46. The summed E-state index contributed by atoms with van der Waals surface area (Å²) in [5, 5.41) is 8.89. The predicted molar refractivity (Wildman–Crippen MR) is 77.7 cm³/mol. The molecule has 1 unspecified atom stereocenters. The lowest BCUT2D eigenvalue weighted by Crippen LogP contribution is -2.40. The van der Waals surface area contributed by atoms with Crippen LogP contribution in [-0.2, 0) is 14.8 Å². The Hall–Kier alpha value is -1.73. The van der Waals surface area contributed by atoms with Gasteiger partial charge in [-0.3, -0.25) is 9.59 Å². The maximum atomic E-state index is 12.1. The number of carbonyl (C=O) groups is 2. The Bertz CT molecular complexity index is 607. The third-order valence-corrected chi connectivity index (χ3v) is 4.45. The molecule has 1 aromatic carbocycles. The van der Waals surface area contributed by atoms with E-state index in [9.17, 15) is 18.0 Å². The standard InChI is InChI=1S/C14H19NO5S/c1-3-5-13(16)10-6-8-11(9-7-10)21(19,20)15-12(4-2)14(17)18/h6-9,12,15H,3-5H2,1-2H3,(H,17,18). The van der Waals surface area contributed by atoms with Crippen LogP contribution in [0.2, 0.25) is 0 Å². The number of carboxylic acids is 1. The number of carbonyl (C=O) groups excluding carboxylic acids is 1. The average molecular weight is 313 g/mol. The largest absolute Gasteiger partial charge is 0.480 e. The van der Waals surface area contributed by atoms with Crippen LogP contribution >= 0.6 is 0 Å². The Balaban J connectivity index is 2.94. The minimum atomic E-state index is -3.91. The van der Waals surface area contributed by atoms with Crippen LogP contribution in [0.25, 0.3) is 0 Å². The molecule has 0 heterocycles. The Morgan fingerprint density at radius 2 is 1.76 bits per heavy atom. The van der Waals surface area contributed by atoms with E-state index < -0.39 is 22.0 Å². The number of nitrogens with one attached hydrogen (secondary N) is 1. The number of ketones is 1. The Kier molecular flexibility index (Phi) is 6.04. The molecule has 7 heteroatoms. The third kappa shape index (κ3) is 4.64. The van der Waals surface area contributed by atoms with Gasteiger partial charge in [-0.1, -0.05) is 26.0 Å². The van der Waals surface area contributed by atoms with E-state index in [4.69, 9.17) is 5.11 Å². The fourth-order valence-electron chi connectivity index (χ4n) is 1.76. The van der Waals surface area contributed by atoms with E-state index in [1.54, 1.807) is 6.92 Å². The van der Waals surface area contributed by atoms with Crippen LogP contribution in [0.3, 0.4) is 0 Å². The van der Waals surface area contributed by atoms with Crippen molar-refractivity contribution in [2.24, 2.45) is 0 Å². The van der Waals surface area contributed by atoms with E-state index in [0.717, 1.165) is 6.42 Å². The van der Waals surface area contributed by atoms with Gasteiger partial charge in [-0.05, 0) is 25.0 Å². The van der Waals surface area contributed by atoms with Crippen molar-refractivity contribution in [1.29, 1.82) is 0 Å². The van der Waals surface area contributed by atoms with Gasteiger partial charge in [0.15, 0.2) is 5.78 Å². The second-order valence-corrected chi connectivity index (χ2v) is 6.33. The molecule has 0 radical (unpaired) electrons. The number of hydrogen-bond acceptors (Lipinski definition) is 4. The molecule has 0 aromatic heterocycles. The normalized spacial score (nSPS) is 12.9. The molecule has 21 heavy (non-hydrogen) atoms. The highest BCUT2D eigenvalue weighted by atomic mass is 32.2. The maximum absolute atomic E-state index is 12.1. The molecule has 0 saturated carbocycles. The smallest absolute Gasteiger partial charge is 0.321 e. The lowest BCUT2D eigenvalue weighted by atomic mass is 10.1. The zero-order valence-corrected chi connectivity index (χ0v) is 12.8. The summed E-state index contributed by atoms with van der Waals surface area (Å²) in [7, 11) is -3.91. The first-order chi connectivity index (χ1) is 9.81. The first kappa shape index (κ1) is 17.3. The number of carboxylic acid groups (broad SMARTS) is 1. The molecule has 0 bridgehead atoms. The topological polar surface area (TPSA) is 101 Å². The molecule has 116 valence electrons. The maximum Gasteiger partial charge on any atom is 0.321 e. The average Bonchev–Trinajstić information content (AvgIpc) is 2.45. The number of sulfonamides is 1. The van der Waals surface area contributed by atoms with Crippen LogP contribution in [0.1, 0.15) is 43.5 Å². The van der Waals surface area contributed by atoms with Crippen LogP contribution in [0, 0.1) is 0 Å². The monoisotopic (exact) mass is 313 g/mol. The fourth-order valence-corrected chi connectivity index (χ4v) is 3.03. The second-order valence-electron chi connectivity index (χ2n) is 4.62. The summed E-state index contributed by atoms with van der Waals surface area (Å²) in [4.78, 5) is 22.5. The van der Waals surface area contributed by atoms with Gasteiger partial charge < -0.3 is 5.11 Å². The molecular weight excluding hydrogens is 294 g/mol. The molecule has 0 fully saturated rings. The van der Waals surface area contributed by atoms with Gasteiger partial charge >= 0.3 is 5.97 Å². The van der Waals surface area contributed by atoms with Gasteiger partial charge in [-0.15, -0.1) is 0 Å². The lowest BCUT2D eigenvalue weighted by Gasteiger charge is -2.13. The van der Waals surface area contributed by atoms with E-state index in [2.05, 4.69) is 4.72 Å². The predicted octanol–water partition coefficient (Wildman–Crippen LogP) is 1.81. The Morgan fingerprint density at radius 1 is 1.19 bits per heavy atom. The Labute approximate surface area is 124 Å². The highest BCUT2D eigenvalue weighted by molar-refractivity contribution is 7.89. The van der Waals surface area contributed by atoms with Crippen molar-refractivity contribution in [1.82, 2.24) is 4.72 Å².